The Bertz CT molecular complexity index is 190. The highest BCUT2D eigenvalue weighted by molar-refractivity contribution is 5.85. The van der Waals surface area contributed by atoms with Gasteiger partial charge in [0.1, 0.15) is 0 Å². The van der Waals surface area contributed by atoms with E-state index in [0.717, 1.165) is 32.4 Å². The molecule has 0 saturated carbocycles. The number of amides is 1. The number of nitrogens with zero attached hydrogens (tertiary/aromatic N) is 1. The van der Waals surface area contributed by atoms with Gasteiger partial charge in [-0.05, 0) is 25.8 Å². The number of hydrogen-bond donors (Lipinski definition) is 1. The summed E-state index contributed by atoms with van der Waals surface area (Å²) in [6.07, 6.45) is 3.70. The van der Waals surface area contributed by atoms with Crippen LogP contribution in [-0.4, -0.2) is 43.7 Å². The van der Waals surface area contributed by atoms with Gasteiger partial charge in [-0.2, -0.15) is 0 Å². The van der Waals surface area contributed by atoms with E-state index < -0.39 is 0 Å². The molecular formula is C10H21ClN2O2. The summed E-state index contributed by atoms with van der Waals surface area (Å²) in [6, 6.07) is 0. The first-order chi connectivity index (χ1) is 6.77. The summed E-state index contributed by atoms with van der Waals surface area (Å²) in [5.74, 6) is 0.220. The Morgan fingerprint density at radius 1 is 1.60 bits per heavy atom. The van der Waals surface area contributed by atoms with Crippen molar-refractivity contribution in [3.05, 3.63) is 0 Å². The highest BCUT2D eigenvalue weighted by atomic mass is 35.5. The minimum absolute atomic E-state index is 0. The number of likely N-dealkylation sites (tertiary alicyclic amines) is 1. The smallest absolute Gasteiger partial charge is 0.222 e. The van der Waals surface area contributed by atoms with Crippen LogP contribution in [0.1, 0.15) is 25.7 Å². The van der Waals surface area contributed by atoms with E-state index in [0.29, 0.717) is 13.0 Å². The highest BCUT2D eigenvalue weighted by Gasteiger charge is 2.22. The molecule has 1 aliphatic rings. The van der Waals surface area contributed by atoms with Crippen LogP contribution in [0.2, 0.25) is 0 Å². The molecule has 1 aliphatic heterocycles. The first kappa shape index (κ1) is 14.7. The van der Waals surface area contributed by atoms with Gasteiger partial charge in [-0.3, -0.25) is 4.79 Å². The first-order valence-electron chi connectivity index (χ1n) is 5.28. The van der Waals surface area contributed by atoms with Crippen LogP contribution in [0.3, 0.4) is 0 Å². The largest absolute Gasteiger partial charge is 0.380 e. The second-order valence-corrected chi connectivity index (χ2v) is 3.73. The van der Waals surface area contributed by atoms with Gasteiger partial charge in [0.05, 0.1) is 6.10 Å². The maximum Gasteiger partial charge on any atom is 0.222 e. The average Bonchev–Trinajstić information content (AvgIpc) is 2.26. The van der Waals surface area contributed by atoms with Gasteiger partial charge in [-0.15, -0.1) is 12.4 Å². The molecule has 0 bridgehead atoms. The zero-order valence-electron chi connectivity index (χ0n) is 9.28. The molecule has 2 N–H and O–H groups in total. The fourth-order valence-corrected chi connectivity index (χ4v) is 1.77. The molecule has 0 aromatic carbocycles. The number of nitrogens with two attached hydrogens (primary N) is 1. The summed E-state index contributed by atoms with van der Waals surface area (Å²) < 4.78 is 5.26. The van der Waals surface area contributed by atoms with Crippen LogP contribution in [0.25, 0.3) is 0 Å². The van der Waals surface area contributed by atoms with Crippen LogP contribution in [0.5, 0.6) is 0 Å². The van der Waals surface area contributed by atoms with E-state index in [9.17, 15) is 4.79 Å². The molecule has 0 aliphatic carbocycles. The Morgan fingerprint density at radius 3 is 2.93 bits per heavy atom. The Balaban J connectivity index is 0.00000196. The van der Waals surface area contributed by atoms with Crippen molar-refractivity contribution in [2.24, 2.45) is 5.73 Å². The Kier molecular flexibility index (Phi) is 7.74. The van der Waals surface area contributed by atoms with Gasteiger partial charge in [0.2, 0.25) is 5.91 Å². The maximum absolute atomic E-state index is 11.6. The van der Waals surface area contributed by atoms with Crippen molar-refractivity contribution >= 4 is 18.3 Å². The first-order valence-corrected chi connectivity index (χ1v) is 5.28. The van der Waals surface area contributed by atoms with Crippen LogP contribution < -0.4 is 5.73 Å². The topological polar surface area (TPSA) is 55.6 Å². The lowest BCUT2D eigenvalue weighted by Gasteiger charge is -2.32. The van der Waals surface area contributed by atoms with E-state index in [1.54, 1.807) is 7.11 Å². The van der Waals surface area contributed by atoms with Gasteiger partial charge in [0, 0.05) is 26.6 Å². The van der Waals surface area contributed by atoms with E-state index in [2.05, 4.69) is 0 Å². The maximum atomic E-state index is 11.6. The van der Waals surface area contributed by atoms with Crippen molar-refractivity contribution in [1.82, 2.24) is 4.90 Å². The molecule has 90 valence electrons. The van der Waals surface area contributed by atoms with Crippen molar-refractivity contribution in [2.75, 3.05) is 26.7 Å². The third kappa shape index (κ3) is 4.82. The van der Waals surface area contributed by atoms with Crippen molar-refractivity contribution < 1.29 is 9.53 Å². The number of hydrogen-bond acceptors (Lipinski definition) is 3. The van der Waals surface area contributed by atoms with Gasteiger partial charge in [-0.1, -0.05) is 0 Å². The molecule has 0 spiro atoms. The second kappa shape index (κ2) is 7.91. The van der Waals surface area contributed by atoms with Gasteiger partial charge in [0.25, 0.3) is 0 Å². The van der Waals surface area contributed by atoms with Gasteiger partial charge >= 0.3 is 0 Å². The van der Waals surface area contributed by atoms with E-state index in [-0.39, 0.29) is 24.4 Å². The lowest BCUT2D eigenvalue weighted by molar-refractivity contribution is -0.134. The number of rotatable bonds is 4. The van der Waals surface area contributed by atoms with E-state index in [1.165, 1.54) is 0 Å². The van der Waals surface area contributed by atoms with Crippen molar-refractivity contribution in [1.29, 1.82) is 0 Å². The Labute approximate surface area is 97.5 Å². The minimum Gasteiger partial charge on any atom is -0.380 e. The molecule has 1 saturated heterocycles. The van der Waals surface area contributed by atoms with Crippen LogP contribution >= 0.6 is 12.4 Å². The van der Waals surface area contributed by atoms with Gasteiger partial charge < -0.3 is 15.4 Å². The minimum atomic E-state index is 0. The number of halogens is 1. The standard InChI is InChI=1S/C10H20N2O2.ClH/c1-14-9-4-3-7-12(8-9)10(13)5-2-6-11;/h9H,2-8,11H2,1H3;1H. The zero-order valence-corrected chi connectivity index (χ0v) is 10.1. The molecular weight excluding hydrogens is 216 g/mol. The molecule has 5 heteroatoms. The molecule has 1 fully saturated rings. The van der Waals surface area contributed by atoms with Gasteiger partial charge in [0.15, 0.2) is 0 Å². The summed E-state index contributed by atoms with van der Waals surface area (Å²) in [6.45, 7) is 2.22. The van der Waals surface area contributed by atoms with Gasteiger partial charge in [-0.25, -0.2) is 0 Å². The molecule has 0 aromatic heterocycles. The predicted octanol–water partition coefficient (Wildman–Crippen LogP) is 0.784. The summed E-state index contributed by atoms with van der Waals surface area (Å²) in [5, 5.41) is 0. The van der Waals surface area contributed by atoms with Crippen molar-refractivity contribution in [2.45, 2.75) is 31.8 Å². The normalized spacial score (nSPS) is 20.9. The monoisotopic (exact) mass is 236 g/mol. The molecule has 1 unspecified atom stereocenters. The predicted molar refractivity (Wildman–Crippen MR) is 62.1 cm³/mol. The van der Waals surface area contributed by atoms with Crippen LogP contribution in [-0.2, 0) is 9.53 Å². The van der Waals surface area contributed by atoms with Crippen LogP contribution in [0, 0.1) is 0 Å². The number of carbonyl (C=O) groups excluding carboxylic acids is 1. The lowest BCUT2D eigenvalue weighted by atomic mass is 10.1. The average molecular weight is 237 g/mol. The summed E-state index contributed by atoms with van der Waals surface area (Å²) in [7, 11) is 1.71. The second-order valence-electron chi connectivity index (χ2n) is 3.73. The van der Waals surface area contributed by atoms with E-state index in [4.69, 9.17) is 10.5 Å². The molecule has 0 aromatic rings. The Morgan fingerprint density at radius 2 is 2.33 bits per heavy atom. The number of piperidine rings is 1. The fraction of sp³-hybridized carbons (Fsp3) is 0.900. The molecule has 1 atom stereocenters. The van der Waals surface area contributed by atoms with E-state index in [1.807, 2.05) is 4.90 Å². The summed E-state index contributed by atoms with van der Waals surface area (Å²) >= 11 is 0. The molecule has 1 amide bonds. The molecule has 4 nitrogen and oxygen atoms in total. The van der Waals surface area contributed by atoms with Crippen molar-refractivity contribution in [3.8, 4) is 0 Å². The molecule has 15 heavy (non-hydrogen) atoms. The van der Waals surface area contributed by atoms with Crippen LogP contribution in [0.15, 0.2) is 0 Å². The third-order valence-electron chi connectivity index (χ3n) is 2.66. The number of carbonyl (C=O) groups is 1. The number of methoxy groups -OCH3 is 1. The van der Waals surface area contributed by atoms with E-state index >= 15 is 0 Å². The lowest BCUT2D eigenvalue weighted by Crippen LogP contribution is -2.42. The molecule has 1 rings (SSSR count). The third-order valence-corrected chi connectivity index (χ3v) is 2.66. The fourth-order valence-electron chi connectivity index (χ4n) is 1.77. The quantitative estimate of drug-likeness (QED) is 0.785. The van der Waals surface area contributed by atoms with Crippen LogP contribution in [0.4, 0.5) is 0 Å². The van der Waals surface area contributed by atoms with Crippen molar-refractivity contribution in [3.63, 3.8) is 0 Å². The molecule has 0 radical (unpaired) electrons. The molecule has 1 heterocycles. The Hall–Kier alpha value is -0.320. The summed E-state index contributed by atoms with van der Waals surface area (Å²) in [5.41, 5.74) is 5.36. The number of ether oxygens (including phenoxy) is 1. The SMILES string of the molecule is COC1CCCN(C(=O)CCCN)C1.Cl. The summed E-state index contributed by atoms with van der Waals surface area (Å²) in [4.78, 5) is 13.5. The zero-order chi connectivity index (χ0) is 10.4. The highest BCUT2D eigenvalue weighted by Crippen LogP contribution is 2.13.